The number of rotatable bonds is 10. The second kappa shape index (κ2) is 13.5. The number of amides is 2. The van der Waals surface area contributed by atoms with Crippen LogP contribution in [0.2, 0.25) is 0 Å². The highest BCUT2D eigenvalue weighted by Gasteiger charge is 2.27. The Labute approximate surface area is 251 Å². The Morgan fingerprint density at radius 1 is 0.682 bits per heavy atom. The highest BCUT2D eigenvalue weighted by Crippen LogP contribution is 2.40. The Kier molecular flexibility index (Phi) is 9.18. The fourth-order valence-electron chi connectivity index (χ4n) is 5.29. The molecule has 0 spiro atoms. The van der Waals surface area contributed by atoms with Gasteiger partial charge in [-0.3, -0.25) is 29.8 Å². The number of anilines is 2. The SMILES string of the molecule is O=C(Cc1cccc([N+](=O)[O-])c1)Nc1ccc([C@H]2CCC[C@H](c3ccc(NC(=O)Cc4cccc([N+](=O)[O-])c4)nn3)C2)nn1. The number of benzene rings is 2. The van der Waals surface area contributed by atoms with Crippen molar-refractivity contribution >= 4 is 34.8 Å². The zero-order valence-electron chi connectivity index (χ0n) is 23.5. The second-order valence-electron chi connectivity index (χ2n) is 10.6. The summed E-state index contributed by atoms with van der Waals surface area (Å²) in [4.78, 5) is 45.8. The monoisotopic (exact) mass is 596 g/mol. The minimum atomic E-state index is -0.504. The molecular formula is C30H28N8O6. The predicted molar refractivity (Wildman–Crippen MR) is 159 cm³/mol. The zero-order chi connectivity index (χ0) is 31.1. The molecule has 44 heavy (non-hydrogen) atoms. The first kappa shape index (κ1) is 29.8. The number of nitrogens with one attached hydrogen (secondary N) is 2. The first-order chi connectivity index (χ1) is 21.2. The highest BCUT2D eigenvalue weighted by molar-refractivity contribution is 5.92. The molecule has 1 aliphatic carbocycles. The summed E-state index contributed by atoms with van der Waals surface area (Å²) < 4.78 is 0. The summed E-state index contributed by atoms with van der Waals surface area (Å²) >= 11 is 0. The molecule has 0 aliphatic heterocycles. The highest BCUT2D eigenvalue weighted by atomic mass is 16.6. The summed E-state index contributed by atoms with van der Waals surface area (Å²) in [6.45, 7) is 0. The number of nitro benzene ring substituents is 2. The van der Waals surface area contributed by atoms with Crippen LogP contribution >= 0.6 is 0 Å². The molecule has 2 atom stereocenters. The quantitative estimate of drug-likeness (QED) is 0.188. The predicted octanol–water partition coefficient (Wildman–Crippen LogP) is 4.89. The van der Waals surface area contributed by atoms with Gasteiger partial charge in [-0.1, -0.05) is 30.7 Å². The normalized spacial score (nSPS) is 16.1. The summed E-state index contributed by atoms with van der Waals surface area (Å²) in [6.07, 6.45) is 3.56. The van der Waals surface area contributed by atoms with Gasteiger partial charge in [-0.25, -0.2) is 0 Å². The van der Waals surface area contributed by atoms with Gasteiger partial charge in [0.1, 0.15) is 0 Å². The van der Waals surface area contributed by atoms with E-state index in [0.29, 0.717) is 22.8 Å². The molecule has 0 unspecified atom stereocenters. The average Bonchev–Trinajstić information content (AvgIpc) is 3.02. The van der Waals surface area contributed by atoms with Gasteiger partial charge in [0.05, 0.1) is 34.1 Å². The smallest absolute Gasteiger partial charge is 0.269 e. The van der Waals surface area contributed by atoms with Crippen LogP contribution in [0.25, 0.3) is 0 Å². The Morgan fingerprint density at radius 3 is 1.52 bits per heavy atom. The van der Waals surface area contributed by atoms with E-state index in [1.807, 2.05) is 12.1 Å². The number of hydrogen-bond donors (Lipinski definition) is 2. The van der Waals surface area contributed by atoms with E-state index in [1.165, 1.54) is 36.4 Å². The molecule has 2 aromatic carbocycles. The van der Waals surface area contributed by atoms with Gasteiger partial charge >= 0.3 is 0 Å². The van der Waals surface area contributed by atoms with Crippen LogP contribution < -0.4 is 10.6 Å². The van der Waals surface area contributed by atoms with Crippen molar-refractivity contribution in [3.63, 3.8) is 0 Å². The standard InChI is InChI=1S/C30H28N8O6/c39-29(16-19-4-1-8-23(14-19)37(41)42)31-27-12-10-25(33-35-27)21-6-3-7-22(18-21)26-11-13-28(36-34-26)32-30(40)17-20-5-2-9-24(15-20)38(43)44/h1-2,4-5,8-15,21-22H,3,6-7,16-18H2,(H,31,35,39)(H,32,36,40)/t21-,22-/m0/s1. The van der Waals surface area contributed by atoms with Crippen molar-refractivity contribution in [1.82, 2.24) is 20.4 Å². The van der Waals surface area contributed by atoms with Gasteiger partial charge in [0.25, 0.3) is 11.4 Å². The maximum absolute atomic E-state index is 12.4. The van der Waals surface area contributed by atoms with Gasteiger partial charge in [-0.15, -0.1) is 10.2 Å². The topological polar surface area (TPSA) is 196 Å². The van der Waals surface area contributed by atoms with Gasteiger partial charge in [0, 0.05) is 36.1 Å². The molecule has 224 valence electrons. The minimum Gasteiger partial charge on any atom is -0.309 e. The molecule has 0 saturated heterocycles. The van der Waals surface area contributed by atoms with E-state index in [9.17, 15) is 29.8 Å². The number of aromatic nitrogens is 4. The number of hydrogen-bond acceptors (Lipinski definition) is 10. The molecule has 2 N–H and O–H groups in total. The van der Waals surface area contributed by atoms with Crippen molar-refractivity contribution < 1.29 is 19.4 Å². The summed E-state index contributed by atoms with van der Waals surface area (Å²) in [5.74, 6) is 0.176. The van der Waals surface area contributed by atoms with E-state index in [2.05, 4.69) is 31.0 Å². The van der Waals surface area contributed by atoms with E-state index in [1.54, 1.807) is 24.3 Å². The Hall–Kier alpha value is -5.66. The van der Waals surface area contributed by atoms with Gasteiger partial charge in [-0.2, -0.15) is 10.2 Å². The number of carbonyl (C=O) groups is 2. The van der Waals surface area contributed by atoms with Crippen molar-refractivity contribution in [3.8, 4) is 0 Å². The van der Waals surface area contributed by atoms with Crippen LogP contribution in [0.1, 0.15) is 60.0 Å². The lowest BCUT2D eigenvalue weighted by Gasteiger charge is -2.28. The van der Waals surface area contributed by atoms with E-state index in [4.69, 9.17) is 0 Å². The third kappa shape index (κ3) is 7.79. The Balaban J connectivity index is 1.13. The maximum atomic E-state index is 12.4. The summed E-state index contributed by atoms with van der Waals surface area (Å²) in [7, 11) is 0. The Bertz CT molecular complexity index is 1560. The van der Waals surface area contributed by atoms with Crippen LogP contribution in [0.5, 0.6) is 0 Å². The average molecular weight is 597 g/mol. The molecule has 2 aromatic heterocycles. The van der Waals surface area contributed by atoms with Gasteiger partial charge in [0.2, 0.25) is 11.8 Å². The summed E-state index contributed by atoms with van der Waals surface area (Å²) in [6, 6.07) is 18.9. The number of nitrogens with zero attached hydrogens (tertiary/aromatic N) is 6. The second-order valence-corrected chi connectivity index (χ2v) is 10.6. The van der Waals surface area contributed by atoms with E-state index in [0.717, 1.165) is 37.1 Å². The lowest BCUT2D eigenvalue weighted by atomic mass is 9.78. The van der Waals surface area contributed by atoms with Crippen molar-refractivity contribution in [2.75, 3.05) is 10.6 Å². The van der Waals surface area contributed by atoms with E-state index in [-0.39, 0.29) is 47.9 Å². The molecule has 2 heterocycles. The largest absolute Gasteiger partial charge is 0.309 e. The molecule has 0 bridgehead atoms. The first-order valence-corrected chi connectivity index (χ1v) is 14.0. The van der Waals surface area contributed by atoms with Crippen molar-refractivity contribution in [2.45, 2.75) is 50.4 Å². The number of nitro groups is 2. The van der Waals surface area contributed by atoms with Crippen LogP contribution in [0.15, 0.2) is 72.8 Å². The third-order valence-electron chi connectivity index (χ3n) is 7.39. The molecule has 1 saturated carbocycles. The fourth-order valence-corrected chi connectivity index (χ4v) is 5.29. The minimum absolute atomic E-state index is 0.0310. The van der Waals surface area contributed by atoms with Gasteiger partial charge in [0.15, 0.2) is 11.6 Å². The lowest BCUT2D eigenvalue weighted by molar-refractivity contribution is -0.385. The van der Waals surface area contributed by atoms with Crippen molar-refractivity contribution in [3.05, 3.63) is 116 Å². The fraction of sp³-hybridized carbons (Fsp3) is 0.267. The van der Waals surface area contributed by atoms with E-state index >= 15 is 0 Å². The molecule has 14 heteroatoms. The third-order valence-corrected chi connectivity index (χ3v) is 7.39. The summed E-state index contributed by atoms with van der Waals surface area (Å²) in [5, 5.41) is 44.3. The maximum Gasteiger partial charge on any atom is 0.269 e. The van der Waals surface area contributed by atoms with Gasteiger partial charge < -0.3 is 10.6 Å². The molecular weight excluding hydrogens is 568 g/mol. The van der Waals surface area contributed by atoms with Gasteiger partial charge in [-0.05, 0) is 54.7 Å². The lowest BCUT2D eigenvalue weighted by Crippen LogP contribution is -2.18. The van der Waals surface area contributed by atoms with Crippen molar-refractivity contribution in [2.24, 2.45) is 0 Å². The molecule has 2 amide bonds. The van der Waals surface area contributed by atoms with Crippen LogP contribution in [-0.2, 0) is 22.4 Å². The van der Waals surface area contributed by atoms with E-state index < -0.39 is 9.85 Å². The van der Waals surface area contributed by atoms with Crippen LogP contribution in [0, 0.1) is 20.2 Å². The molecule has 14 nitrogen and oxygen atoms in total. The number of non-ortho nitro benzene ring substituents is 2. The Morgan fingerprint density at radius 2 is 1.14 bits per heavy atom. The van der Waals surface area contributed by atoms with Crippen LogP contribution in [0.4, 0.5) is 23.0 Å². The summed E-state index contributed by atoms with van der Waals surface area (Å²) in [5.41, 5.74) is 2.51. The molecule has 4 aromatic rings. The zero-order valence-corrected chi connectivity index (χ0v) is 23.5. The molecule has 1 fully saturated rings. The van der Waals surface area contributed by atoms with Crippen LogP contribution in [-0.4, -0.2) is 42.1 Å². The number of carbonyl (C=O) groups excluding carboxylic acids is 2. The first-order valence-electron chi connectivity index (χ1n) is 14.0. The molecule has 0 radical (unpaired) electrons. The molecule has 5 rings (SSSR count). The van der Waals surface area contributed by atoms with Crippen LogP contribution in [0.3, 0.4) is 0 Å². The van der Waals surface area contributed by atoms with Crippen molar-refractivity contribution in [1.29, 1.82) is 0 Å². The molecule has 1 aliphatic rings.